The summed E-state index contributed by atoms with van der Waals surface area (Å²) < 4.78 is 6.56. The van der Waals surface area contributed by atoms with E-state index >= 15 is 0 Å². The first-order valence-electron chi connectivity index (χ1n) is 12.7. The Morgan fingerprint density at radius 1 is 1.14 bits per heavy atom. The lowest BCUT2D eigenvalue weighted by atomic mass is 9.84. The molecule has 1 aliphatic rings. The molecule has 9 heteroatoms. The second-order valence-electron chi connectivity index (χ2n) is 10.7. The third kappa shape index (κ3) is 8.61. The zero-order valence-corrected chi connectivity index (χ0v) is 24.3. The van der Waals surface area contributed by atoms with E-state index in [1.54, 1.807) is 18.2 Å². The molecule has 0 aliphatic carbocycles. The number of nitrogens with zero attached hydrogens (tertiary/aromatic N) is 1. The van der Waals surface area contributed by atoms with Crippen molar-refractivity contribution in [3.8, 4) is 5.75 Å². The maximum atomic E-state index is 13.5. The van der Waals surface area contributed by atoms with Crippen LogP contribution >= 0.6 is 22.6 Å². The number of esters is 1. The molecule has 1 fully saturated rings. The lowest BCUT2D eigenvalue weighted by molar-refractivity contribution is -0.162. The fourth-order valence-corrected chi connectivity index (χ4v) is 5.25. The van der Waals surface area contributed by atoms with E-state index in [0.717, 1.165) is 12.0 Å². The molecule has 1 aliphatic heterocycles. The molecule has 3 N–H and O–H groups in total. The molecular formula is C27H41IN2O6. The van der Waals surface area contributed by atoms with Gasteiger partial charge in [-0.15, -0.1) is 0 Å². The average Bonchev–Trinajstić information content (AvgIpc) is 2.80. The highest BCUT2D eigenvalue weighted by molar-refractivity contribution is 14.1. The van der Waals surface area contributed by atoms with E-state index in [1.165, 1.54) is 11.9 Å². The summed E-state index contributed by atoms with van der Waals surface area (Å²) >= 11 is 2.01. The number of nitrogens with one attached hydrogen (secondary N) is 1. The number of ether oxygens (including phenoxy) is 1. The van der Waals surface area contributed by atoms with E-state index in [1.807, 2.05) is 50.3 Å². The fourth-order valence-electron chi connectivity index (χ4n) is 4.67. The monoisotopic (exact) mass is 616 g/mol. The normalized spacial score (nSPS) is 29.7. The molecular weight excluding hydrogens is 575 g/mol. The summed E-state index contributed by atoms with van der Waals surface area (Å²) in [7, 11) is 1.53. The van der Waals surface area contributed by atoms with Gasteiger partial charge >= 0.3 is 5.97 Å². The molecule has 0 bridgehead atoms. The van der Waals surface area contributed by atoms with Gasteiger partial charge in [-0.3, -0.25) is 9.59 Å². The molecule has 1 aromatic carbocycles. The van der Waals surface area contributed by atoms with Gasteiger partial charge in [-0.2, -0.15) is 0 Å². The first-order chi connectivity index (χ1) is 16.8. The zero-order valence-electron chi connectivity index (χ0n) is 22.2. The van der Waals surface area contributed by atoms with Crippen LogP contribution in [0.4, 0.5) is 0 Å². The molecule has 36 heavy (non-hydrogen) atoms. The van der Waals surface area contributed by atoms with E-state index in [-0.39, 0.29) is 48.3 Å². The van der Waals surface area contributed by atoms with Gasteiger partial charge in [-0.05, 0) is 70.9 Å². The predicted molar refractivity (Wildman–Crippen MR) is 146 cm³/mol. The molecule has 8 nitrogen and oxygen atoms in total. The van der Waals surface area contributed by atoms with E-state index in [9.17, 15) is 24.6 Å². The molecule has 0 saturated carbocycles. The van der Waals surface area contributed by atoms with Gasteiger partial charge in [0.15, 0.2) is 0 Å². The molecule has 1 aromatic rings. The second kappa shape index (κ2) is 13.6. The number of benzene rings is 1. The van der Waals surface area contributed by atoms with Crippen LogP contribution in [0, 0.1) is 27.2 Å². The lowest BCUT2D eigenvalue weighted by Gasteiger charge is -2.32. The number of aliphatic hydroxyl groups is 1. The van der Waals surface area contributed by atoms with E-state index in [0.29, 0.717) is 16.4 Å². The summed E-state index contributed by atoms with van der Waals surface area (Å²) in [4.78, 5) is 40.4. The van der Waals surface area contributed by atoms with Crippen LogP contribution in [0.1, 0.15) is 59.4 Å². The first kappa shape index (κ1) is 30.3. The molecule has 2 rings (SSSR count). The second-order valence-corrected chi connectivity index (χ2v) is 11.9. The molecule has 0 unspecified atom stereocenters. The average molecular weight is 617 g/mol. The van der Waals surface area contributed by atoms with Crippen molar-refractivity contribution in [1.29, 1.82) is 0 Å². The summed E-state index contributed by atoms with van der Waals surface area (Å²) in [5, 5.41) is 23.5. The van der Waals surface area contributed by atoms with Crippen molar-refractivity contribution in [1.82, 2.24) is 10.2 Å². The number of hydrogen-bond acceptors (Lipinski definition) is 6. The number of cyclic esters (lactones) is 1. The molecule has 0 aromatic heterocycles. The number of halogens is 1. The summed E-state index contributed by atoms with van der Waals surface area (Å²) in [5.74, 6) is -1.16. The van der Waals surface area contributed by atoms with Gasteiger partial charge in [-0.1, -0.05) is 40.7 Å². The maximum Gasteiger partial charge on any atom is 0.329 e. The molecule has 6 atom stereocenters. The summed E-state index contributed by atoms with van der Waals surface area (Å²) in [6.45, 7) is 9.55. The van der Waals surface area contributed by atoms with Crippen LogP contribution in [0.3, 0.4) is 0 Å². The van der Waals surface area contributed by atoms with E-state index in [4.69, 9.17) is 4.74 Å². The van der Waals surface area contributed by atoms with Crippen LogP contribution in [0.15, 0.2) is 18.2 Å². The Balaban J connectivity index is 2.38. The van der Waals surface area contributed by atoms with Crippen molar-refractivity contribution in [3.63, 3.8) is 0 Å². The van der Waals surface area contributed by atoms with Gasteiger partial charge in [0.2, 0.25) is 11.8 Å². The van der Waals surface area contributed by atoms with Gasteiger partial charge in [-0.25, -0.2) is 4.79 Å². The fraction of sp³-hybridized carbons (Fsp3) is 0.667. The number of likely N-dealkylation sites (N-methyl/N-ethyl adjacent to an activating group) is 1. The first-order valence-corrected chi connectivity index (χ1v) is 13.8. The van der Waals surface area contributed by atoms with Crippen molar-refractivity contribution >= 4 is 40.4 Å². The Bertz CT molecular complexity index is 924. The number of aromatic hydroxyl groups is 1. The van der Waals surface area contributed by atoms with Crippen LogP contribution in [0.2, 0.25) is 0 Å². The minimum absolute atomic E-state index is 0.0253. The number of phenolic OH excluding ortho intramolecular Hbond substituents is 1. The zero-order chi connectivity index (χ0) is 27.2. The number of aliphatic hydroxyl groups excluding tert-OH is 1. The van der Waals surface area contributed by atoms with Crippen LogP contribution < -0.4 is 5.32 Å². The topological polar surface area (TPSA) is 116 Å². The number of carbonyl (C=O) groups is 3. The minimum atomic E-state index is -0.934. The number of amides is 2. The third-order valence-electron chi connectivity index (χ3n) is 7.11. The van der Waals surface area contributed by atoms with Crippen LogP contribution in [-0.4, -0.2) is 64.7 Å². The van der Waals surface area contributed by atoms with E-state index in [2.05, 4.69) is 12.2 Å². The quantitative estimate of drug-likeness (QED) is 0.354. The number of rotatable bonds is 3. The molecule has 0 radical (unpaired) electrons. The molecule has 1 heterocycles. The molecule has 0 spiro atoms. The Kier molecular flexibility index (Phi) is 11.5. The lowest BCUT2D eigenvalue weighted by Crippen LogP contribution is -2.50. The van der Waals surface area contributed by atoms with Crippen LogP contribution in [-0.2, 0) is 25.5 Å². The van der Waals surface area contributed by atoms with Gasteiger partial charge in [0.05, 0.1) is 16.2 Å². The van der Waals surface area contributed by atoms with Gasteiger partial charge < -0.3 is 25.2 Å². The molecule has 1 saturated heterocycles. The summed E-state index contributed by atoms with van der Waals surface area (Å²) in [5.41, 5.74) is 0.759. The standard InChI is InChI=1S/C27H41IN2O6/c1-15(2)24-13-23(32)17(4)9-16(3)10-18(5)26(34)29-14-25(33)30(6)21(27(35)36-24)12-19-7-8-22(31)20(28)11-19/h7-8,11,15-18,21,23-24,31-32H,9-10,12-14H2,1-6H3,(H,29,34)/t16-,17+,18-,21-,23-,24-/m0/s1. The maximum absolute atomic E-state index is 13.5. The van der Waals surface area contributed by atoms with Crippen molar-refractivity contribution in [2.75, 3.05) is 13.6 Å². The van der Waals surface area contributed by atoms with Crippen molar-refractivity contribution in [2.24, 2.45) is 23.7 Å². The van der Waals surface area contributed by atoms with Gasteiger partial charge in [0.25, 0.3) is 0 Å². The smallest absolute Gasteiger partial charge is 0.329 e. The number of carbonyl (C=O) groups excluding carboxylic acids is 3. The number of phenols is 1. The highest BCUT2D eigenvalue weighted by Gasteiger charge is 2.33. The van der Waals surface area contributed by atoms with Crippen LogP contribution in [0.25, 0.3) is 0 Å². The number of hydrogen-bond donors (Lipinski definition) is 3. The largest absolute Gasteiger partial charge is 0.507 e. The minimum Gasteiger partial charge on any atom is -0.507 e. The predicted octanol–water partition coefficient (Wildman–Crippen LogP) is 3.50. The Hall–Kier alpha value is -1.88. The molecule has 2 amide bonds. The van der Waals surface area contributed by atoms with Crippen molar-refractivity contribution in [2.45, 2.75) is 78.6 Å². The van der Waals surface area contributed by atoms with Gasteiger partial charge in [0, 0.05) is 25.8 Å². The van der Waals surface area contributed by atoms with Crippen molar-refractivity contribution in [3.05, 3.63) is 27.3 Å². The third-order valence-corrected chi connectivity index (χ3v) is 7.97. The Labute approximate surface area is 228 Å². The summed E-state index contributed by atoms with van der Waals surface area (Å²) in [6.07, 6.45) is 0.695. The Morgan fingerprint density at radius 2 is 1.81 bits per heavy atom. The highest BCUT2D eigenvalue weighted by Crippen LogP contribution is 2.27. The SMILES string of the molecule is CC(C)[C@@H]1C[C@H](O)[C@H](C)C[C@H](C)C[C@H](C)C(=O)NCC(=O)N(C)[C@@H](Cc2ccc(O)c(I)c2)C(=O)O1. The van der Waals surface area contributed by atoms with Crippen LogP contribution in [0.5, 0.6) is 5.75 Å². The Morgan fingerprint density at radius 3 is 2.42 bits per heavy atom. The van der Waals surface area contributed by atoms with Gasteiger partial charge in [0.1, 0.15) is 17.9 Å². The molecule has 202 valence electrons. The highest BCUT2D eigenvalue weighted by atomic mass is 127. The van der Waals surface area contributed by atoms with E-state index < -0.39 is 30.1 Å². The summed E-state index contributed by atoms with van der Waals surface area (Å²) in [6, 6.07) is 4.09. The van der Waals surface area contributed by atoms with Crippen molar-refractivity contribution < 1.29 is 29.3 Å².